The minimum Gasteiger partial charge on any atom is -0.488 e. The second-order valence-electron chi connectivity index (χ2n) is 6.61. The number of nitrogens with zero attached hydrogens (tertiary/aromatic N) is 2. The molecule has 2 aromatic rings. The van der Waals surface area contributed by atoms with Crippen molar-refractivity contribution in [3.05, 3.63) is 65.7 Å². The van der Waals surface area contributed by atoms with E-state index in [0.717, 1.165) is 19.0 Å². The highest BCUT2D eigenvalue weighted by atomic mass is 16.5. The van der Waals surface area contributed by atoms with E-state index in [1.54, 1.807) is 0 Å². The van der Waals surface area contributed by atoms with Gasteiger partial charge in [-0.3, -0.25) is 0 Å². The van der Waals surface area contributed by atoms with Crippen LogP contribution in [-0.2, 0) is 0 Å². The molecule has 3 nitrogen and oxygen atoms in total. The summed E-state index contributed by atoms with van der Waals surface area (Å²) in [6.45, 7) is 2.64. The lowest BCUT2D eigenvalue weighted by Gasteiger charge is -2.43. The van der Waals surface area contributed by atoms with Crippen molar-refractivity contribution in [3.63, 3.8) is 0 Å². The van der Waals surface area contributed by atoms with Crippen LogP contribution in [0.15, 0.2) is 60.2 Å². The van der Waals surface area contributed by atoms with Gasteiger partial charge in [0, 0.05) is 29.4 Å². The zero-order chi connectivity index (χ0) is 15.2. The smallest absolute Gasteiger partial charge is 0.129 e. The van der Waals surface area contributed by atoms with Crippen molar-refractivity contribution in [1.82, 2.24) is 4.90 Å². The lowest BCUT2D eigenvalue weighted by Crippen LogP contribution is -2.46. The zero-order valence-corrected chi connectivity index (χ0v) is 13.1. The standard InChI is InChI=1S/C20H20N2O/c1-2-6-16(7-3-1)21-12-15-13-23-19-9-5-4-8-18(19)20(15)22(14-21)17-10-11-17/h1-9,17H,10-14H2. The van der Waals surface area contributed by atoms with Crippen molar-refractivity contribution in [2.75, 3.05) is 24.7 Å². The number of rotatable bonds is 2. The third-order valence-corrected chi connectivity index (χ3v) is 4.98. The second kappa shape index (κ2) is 5.05. The van der Waals surface area contributed by atoms with Crippen LogP contribution in [0.25, 0.3) is 5.70 Å². The Bertz CT molecular complexity index is 764. The number of hydrogen-bond acceptors (Lipinski definition) is 3. The molecule has 5 rings (SSSR count). The van der Waals surface area contributed by atoms with Crippen LogP contribution >= 0.6 is 0 Å². The molecule has 0 unspecified atom stereocenters. The van der Waals surface area contributed by atoms with Crippen LogP contribution in [0.1, 0.15) is 18.4 Å². The van der Waals surface area contributed by atoms with Crippen LogP contribution in [0.4, 0.5) is 5.69 Å². The minimum atomic E-state index is 0.692. The summed E-state index contributed by atoms with van der Waals surface area (Å²) in [7, 11) is 0. The van der Waals surface area contributed by atoms with Gasteiger partial charge >= 0.3 is 0 Å². The predicted octanol–water partition coefficient (Wildman–Crippen LogP) is 3.73. The second-order valence-corrected chi connectivity index (χ2v) is 6.61. The zero-order valence-electron chi connectivity index (χ0n) is 13.1. The number of fused-ring (bicyclic) bond motifs is 2. The molecule has 3 aliphatic rings. The largest absolute Gasteiger partial charge is 0.488 e. The highest BCUT2D eigenvalue weighted by Gasteiger charge is 2.38. The third-order valence-electron chi connectivity index (χ3n) is 4.98. The Balaban J connectivity index is 1.58. The van der Waals surface area contributed by atoms with E-state index < -0.39 is 0 Å². The van der Waals surface area contributed by atoms with E-state index in [0.29, 0.717) is 12.6 Å². The quantitative estimate of drug-likeness (QED) is 0.841. The summed E-state index contributed by atoms with van der Waals surface area (Å²) in [4.78, 5) is 5.07. The van der Waals surface area contributed by atoms with Crippen LogP contribution in [0.5, 0.6) is 5.75 Å². The van der Waals surface area contributed by atoms with E-state index >= 15 is 0 Å². The average molecular weight is 304 g/mol. The van der Waals surface area contributed by atoms with Gasteiger partial charge in [0.25, 0.3) is 0 Å². The average Bonchev–Trinajstić information content (AvgIpc) is 3.46. The van der Waals surface area contributed by atoms with Gasteiger partial charge in [-0.25, -0.2) is 0 Å². The molecule has 1 aliphatic carbocycles. The molecule has 2 aromatic carbocycles. The Morgan fingerprint density at radius 3 is 2.52 bits per heavy atom. The Morgan fingerprint density at radius 1 is 0.913 bits per heavy atom. The lowest BCUT2D eigenvalue weighted by molar-refractivity contribution is 0.305. The van der Waals surface area contributed by atoms with E-state index in [1.807, 2.05) is 0 Å². The monoisotopic (exact) mass is 304 g/mol. The van der Waals surface area contributed by atoms with Crippen molar-refractivity contribution in [2.24, 2.45) is 0 Å². The number of anilines is 1. The van der Waals surface area contributed by atoms with Crippen molar-refractivity contribution in [3.8, 4) is 5.75 Å². The van der Waals surface area contributed by atoms with Gasteiger partial charge in [0.15, 0.2) is 0 Å². The van der Waals surface area contributed by atoms with Gasteiger partial charge < -0.3 is 14.5 Å². The molecule has 0 spiro atoms. The SMILES string of the molecule is c1ccc(N2CC3=C(c4ccccc4OC3)N(C3CC3)C2)cc1. The van der Waals surface area contributed by atoms with Crippen LogP contribution in [0.3, 0.4) is 0 Å². The van der Waals surface area contributed by atoms with Crippen LogP contribution in [0.2, 0.25) is 0 Å². The molecule has 0 saturated heterocycles. The summed E-state index contributed by atoms with van der Waals surface area (Å²) >= 11 is 0. The van der Waals surface area contributed by atoms with Gasteiger partial charge in [-0.05, 0) is 37.1 Å². The first-order valence-corrected chi connectivity index (χ1v) is 8.41. The maximum absolute atomic E-state index is 6.01. The topological polar surface area (TPSA) is 15.7 Å². The Kier molecular flexibility index (Phi) is 2.87. The van der Waals surface area contributed by atoms with Crippen molar-refractivity contribution in [1.29, 1.82) is 0 Å². The number of ether oxygens (including phenoxy) is 1. The Hall–Kier alpha value is -2.42. The molecular formula is C20H20N2O. The summed E-state index contributed by atoms with van der Waals surface area (Å²) in [5.74, 6) is 1.03. The van der Waals surface area contributed by atoms with E-state index in [-0.39, 0.29) is 0 Å². The van der Waals surface area contributed by atoms with Crippen molar-refractivity contribution < 1.29 is 4.74 Å². The minimum absolute atomic E-state index is 0.692. The first-order chi connectivity index (χ1) is 11.4. The molecule has 2 aliphatic heterocycles. The number of benzene rings is 2. The normalized spacial score (nSPS) is 20.0. The van der Waals surface area contributed by atoms with Crippen molar-refractivity contribution in [2.45, 2.75) is 18.9 Å². The first kappa shape index (κ1) is 13.1. The van der Waals surface area contributed by atoms with Gasteiger partial charge in [-0.15, -0.1) is 0 Å². The molecule has 23 heavy (non-hydrogen) atoms. The van der Waals surface area contributed by atoms with Gasteiger partial charge in [0.05, 0.1) is 12.4 Å². The summed E-state index contributed by atoms with van der Waals surface area (Å²) < 4.78 is 6.01. The molecule has 3 heteroatoms. The van der Waals surface area contributed by atoms with Crippen LogP contribution in [0, 0.1) is 0 Å². The molecule has 1 saturated carbocycles. The highest BCUT2D eigenvalue weighted by Crippen LogP contribution is 2.43. The van der Waals surface area contributed by atoms with E-state index in [4.69, 9.17) is 4.74 Å². The fourth-order valence-corrected chi connectivity index (χ4v) is 3.72. The molecule has 0 atom stereocenters. The molecule has 0 N–H and O–H groups in total. The highest BCUT2D eigenvalue weighted by molar-refractivity contribution is 5.76. The van der Waals surface area contributed by atoms with Gasteiger partial charge in [-0.2, -0.15) is 0 Å². The molecular weight excluding hydrogens is 284 g/mol. The summed E-state index contributed by atoms with van der Waals surface area (Å²) in [5.41, 5.74) is 5.41. The van der Waals surface area contributed by atoms with E-state index in [2.05, 4.69) is 64.4 Å². The fourth-order valence-electron chi connectivity index (χ4n) is 3.72. The molecule has 0 bridgehead atoms. The Morgan fingerprint density at radius 2 is 1.70 bits per heavy atom. The lowest BCUT2D eigenvalue weighted by atomic mass is 9.99. The van der Waals surface area contributed by atoms with Crippen molar-refractivity contribution >= 4 is 11.4 Å². The van der Waals surface area contributed by atoms with E-state index in [9.17, 15) is 0 Å². The molecule has 0 amide bonds. The Labute approximate surface area is 136 Å². The summed E-state index contributed by atoms with van der Waals surface area (Å²) in [6.07, 6.45) is 2.62. The van der Waals surface area contributed by atoms with Gasteiger partial charge in [-0.1, -0.05) is 30.3 Å². The van der Waals surface area contributed by atoms with Gasteiger partial charge in [0.2, 0.25) is 0 Å². The molecule has 0 radical (unpaired) electrons. The summed E-state index contributed by atoms with van der Waals surface area (Å²) in [5, 5.41) is 0. The third kappa shape index (κ3) is 2.19. The predicted molar refractivity (Wildman–Crippen MR) is 92.4 cm³/mol. The molecule has 1 fully saturated rings. The first-order valence-electron chi connectivity index (χ1n) is 8.41. The van der Waals surface area contributed by atoms with E-state index in [1.165, 1.54) is 35.4 Å². The molecule has 116 valence electrons. The number of para-hydroxylation sites is 2. The maximum Gasteiger partial charge on any atom is 0.129 e. The molecule has 0 aromatic heterocycles. The summed E-state index contributed by atoms with van der Waals surface area (Å²) in [6, 6.07) is 19.9. The molecule has 2 heterocycles. The van der Waals surface area contributed by atoms with Crippen LogP contribution in [-0.4, -0.2) is 30.8 Å². The van der Waals surface area contributed by atoms with Crippen LogP contribution < -0.4 is 9.64 Å². The van der Waals surface area contributed by atoms with Gasteiger partial charge in [0.1, 0.15) is 12.4 Å². The maximum atomic E-state index is 6.01. The fraction of sp³-hybridized carbons (Fsp3) is 0.300. The number of hydrogen-bond donors (Lipinski definition) is 0.